The first-order chi connectivity index (χ1) is 9.65. The van der Waals surface area contributed by atoms with Crippen molar-refractivity contribution in [1.82, 2.24) is 14.8 Å². The maximum Gasteiger partial charge on any atom is 0.200 e. The summed E-state index contributed by atoms with van der Waals surface area (Å²) in [5, 5.41) is 7.24. The van der Waals surface area contributed by atoms with Crippen LogP contribution >= 0.6 is 28.1 Å². The van der Waals surface area contributed by atoms with Crippen molar-refractivity contribution in [3.63, 3.8) is 0 Å². The molecule has 0 aliphatic carbocycles. The zero-order valence-corrected chi connectivity index (χ0v) is 13.2. The molecule has 0 fully saturated rings. The number of benzene rings is 2. The first kappa shape index (κ1) is 13.3. The number of nitrogens with zero attached hydrogens (tertiary/aromatic N) is 2. The fraction of sp³-hybridized carbons (Fsp3) is 0.0667. The quantitative estimate of drug-likeness (QED) is 0.684. The van der Waals surface area contributed by atoms with Crippen LogP contribution in [0.25, 0.3) is 17.1 Å². The Hall–Kier alpha value is -1.72. The van der Waals surface area contributed by atoms with E-state index in [2.05, 4.69) is 45.2 Å². The van der Waals surface area contributed by atoms with Crippen molar-refractivity contribution in [3.05, 3.63) is 63.3 Å². The minimum atomic E-state index is 0.587. The number of aromatic nitrogens is 3. The third kappa shape index (κ3) is 2.46. The summed E-state index contributed by atoms with van der Waals surface area (Å²) in [6.07, 6.45) is 0. The highest BCUT2D eigenvalue weighted by Crippen LogP contribution is 2.25. The van der Waals surface area contributed by atoms with Crippen molar-refractivity contribution in [2.24, 2.45) is 0 Å². The lowest BCUT2D eigenvalue weighted by atomic mass is 10.1. The topological polar surface area (TPSA) is 33.6 Å². The van der Waals surface area contributed by atoms with Gasteiger partial charge in [0.05, 0.1) is 0 Å². The van der Waals surface area contributed by atoms with Crippen LogP contribution < -0.4 is 0 Å². The molecule has 3 rings (SSSR count). The molecule has 1 heterocycles. The number of aryl methyl sites for hydroxylation is 1. The maximum atomic E-state index is 5.35. The fourth-order valence-corrected chi connectivity index (χ4v) is 3.02. The summed E-state index contributed by atoms with van der Waals surface area (Å²) < 4.78 is 3.56. The van der Waals surface area contributed by atoms with Gasteiger partial charge < -0.3 is 0 Å². The van der Waals surface area contributed by atoms with Gasteiger partial charge >= 0.3 is 0 Å². The van der Waals surface area contributed by atoms with Crippen molar-refractivity contribution in [3.8, 4) is 17.1 Å². The number of para-hydroxylation sites is 1. The summed E-state index contributed by atoms with van der Waals surface area (Å²) in [5.41, 5.74) is 3.19. The van der Waals surface area contributed by atoms with Crippen LogP contribution in [-0.4, -0.2) is 14.8 Å². The van der Waals surface area contributed by atoms with E-state index in [4.69, 9.17) is 12.2 Å². The van der Waals surface area contributed by atoms with Gasteiger partial charge in [-0.05, 0) is 55.0 Å². The van der Waals surface area contributed by atoms with Crippen LogP contribution in [0.1, 0.15) is 5.56 Å². The molecule has 3 aromatic rings. The molecule has 0 amide bonds. The smallest absolute Gasteiger partial charge is 0.200 e. The standard InChI is InChI=1S/C15H12BrN3S/c1-10-7-11(9-12(16)8-10)14-17-18-15(20)19(14)13-5-3-2-4-6-13/h2-9H,1H3,(H,18,20). The molecule has 0 bridgehead atoms. The van der Waals surface area contributed by atoms with Crippen molar-refractivity contribution in [2.75, 3.05) is 0 Å². The zero-order valence-electron chi connectivity index (χ0n) is 10.8. The lowest BCUT2D eigenvalue weighted by molar-refractivity contribution is 1.04. The predicted octanol–water partition coefficient (Wildman–Crippen LogP) is 4.67. The van der Waals surface area contributed by atoms with Crippen molar-refractivity contribution in [2.45, 2.75) is 6.92 Å². The fourth-order valence-electron chi connectivity index (χ4n) is 2.17. The number of aromatic amines is 1. The molecule has 5 heteroatoms. The van der Waals surface area contributed by atoms with E-state index >= 15 is 0 Å². The highest BCUT2D eigenvalue weighted by molar-refractivity contribution is 9.10. The zero-order chi connectivity index (χ0) is 14.1. The molecule has 3 nitrogen and oxygen atoms in total. The first-order valence-corrected chi connectivity index (χ1v) is 7.36. The summed E-state index contributed by atoms with van der Waals surface area (Å²) in [6.45, 7) is 2.06. The van der Waals surface area contributed by atoms with Gasteiger partial charge in [-0.25, -0.2) is 0 Å². The highest BCUT2D eigenvalue weighted by atomic mass is 79.9. The molecule has 1 N–H and O–H groups in total. The number of halogens is 1. The molecule has 0 aliphatic heterocycles. The molecule has 0 aliphatic rings. The molecule has 0 spiro atoms. The lowest BCUT2D eigenvalue weighted by Gasteiger charge is -2.08. The van der Waals surface area contributed by atoms with E-state index in [9.17, 15) is 0 Å². The summed E-state index contributed by atoms with van der Waals surface area (Å²) in [5.74, 6) is 0.811. The second-order valence-corrected chi connectivity index (χ2v) is 5.84. The van der Waals surface area contributed by atoms with E-state index in [-0.39, 0.29) is 0 Å². The van der Waals surface area contributed by atoms with Crippen LogP contribution in [-0.2, 0) is 0 Å². The molecule has 20 heavy (non-hydrogen) atoms. The Morgan fingerprint density at radius 3 is 2.60 bits per heavy atom. The first-order valence-electron chi connectivity index (χ1n) is 6.15. The minimum Gasteiger partial charge on any atom is -0.268 e. The maximum absolute atomic E-state index is 5.35. The van der Waals surface area contributed by atoms with E-state index < -0.39 is 0 Å². The van der Waals surface area contributed by atoms with E-state index in [1.807, 2.05) is 41.0 Å². The third-order valence-electron chi connectivity index (χ3n) is 2.99. The molecular weight excluding hydrogens is 334 g/mol. The summed E-state index contributed by atoms with van der Waals surface area (Å²) in [4.78, 5) is 0. The van der Waals surface area contributed by atoms with Crippen LogP contribution in [0.4, 0.5) is 0 Å². The van der Waals surface area contributed by atoms with Crippen LogP contribution in [0.15, 0.2) is 53.0 Å². The Morgan fingerprint density at radius 1 is 1.15 bits per heavy atom. The largest absolute Gasteiger partial charge is 0.268 e. The number of rotatable bonds is 2. The summed E-state index contributed by atoms with van der Waals surface area (Å²) in [7, 11) is 0. The van der Waals surface area contributed by atoms with Crippen LogP contribution in [0.3, 0.4) is 0 Å². The molecular formula is C15H12BrN3S. The van der Waals surface area contributed by atoms with Crippen LogP contribution in [0.2, 0.25) is 0 Å². The molecule has 0 saturated heterocycles. The molecule has 0 atom stereocenters. The molecule has 2 aromatic carbocycles. The van der Waals surface area contributed by atoms with Gasteiger partial charge in [-0.1, -0.05) is 34.1 Å². The van der Waals surface area contributed by atoms with Gasteiger partial charge in [-0.3, -0.25) is 9.67 Å². The van der Waals surface area contributed by atoms with E-state index in [0.717, 1.165) is 21.5 Å². The number of hydrogen-bond acceptors (Lipinski definition) is 2. The summed E-state index contributed by atoms with van der Waals surface area (Å²) >= 11 is 8.88. The number of H-pyrrole nitrogens is 1. The highest BCUT2D eigenvalue weighted by Gasteiger charge is 2.11. The number of nitrogens with one attached hydrogen (secondary N) is 1. The summed E-state index contributed by atoms with van der Waals surface area (Å²) in [6, 6.07) is 16.2. The van der Waals surface area contributed by atoms with Gasteiger partial charge in [0.1, 0.15) is 0 Å². The van der Waals surface area contributed by atoms with Crippen LogP contribution in [0, 0.1) is 11.7 Å². The lowest BCUT2D eigenvalue weighted by Crippen LogP contribution is -1.97. The Labute approximate surface area is 130 Å². The average molecular weight is 346 g/mol. The Morgan fingerprint density at radius 2 is 1.90 bits per heavy atom. The van der Waals surface area contributed by atoms with Gasteiger partial charge in [0.2, 0.25) is 0 Å². The van der Waals surface area contributed by atoms with Gasteiger partial charge in [0, 0.05) is 15.7 Å². The van der Waals surface area contributed by atoms with E-state index in [1.165, 1.54) is 5.56 Å². The van der Waals surface area contributed by atoms with E-state index in [1.54, 1.807) is 0 Å². The van der Waals surface area contributed by atoms with Gasteiger partial charge in [-0.2, -0.15) is 5.10 Å². The SMILES string of the molecule is Cc1cc(Br)cc(-c2n[nH]c(=S)n2-c2ccccc2)c1. The normalized spacial score (nSPS) is 10.7. The second kappa shape index (κ2) is 5.34. The average Bonchev–Trinajstić information content (AvgIpc) is 2.80. The van der Waals surface area contributed by atoms with Crippen molar-refractivity contribution in [1.29, 1.82) is 0 Å². The molecule has 100 valence electrons. The molecule has 0 radical (unpaired) electrons. The van der Waals surface area contributed by atoms with Gasteiger partial charge in [0.15, 0.2) is 10.6 Å². The van der Waals surface area contributed by atoms with E-state index in [0.29, 0.717) is 4.77 Å². The predicted molar refractivity (Wildman–Crippen MR) is 86.6 cm³/mol. The van der Waals surface area contributed by atoms with Crippen LogP contribution in [0.5, 0.6) is 0 Å². The van der Waals surface area contributed by atoms with Gasteiger partial charge in [-0.15, -0.1) is 0 Å². The van der Waals surface area contributed by atoms with Crippen molar-refractivity contribution >= 4 is 28.1 Å². The molecule has 0 unspecified atom stereocenters. The Kier molecular flexibility index (Phi) is 3.54. The Bertz CT molecular complexity index is 785. The number of hydrogen-bond donors (Lipinski definition) is 1. The monoisotopic (exact) mass is 345 g/mol. The van der Waals surface area contributed by atoms with Crippen molar-refractivity contribution < 1.29 is 0 Å². The molecule has 1 aromatic heterocycles. The Balaban J connectivity index is 2.24. The second-order valence-electron chi connectivity index (χ2n) is 4.54. The third-order valence-corrected chi connectivity index (χ3v) is 3.72. The van der Waals surface area contributed by atoms with Gasteiger partial charge in [0.25, 0.3) is 0 Å². The molecule has 0 saturated carbocycles. The minimum absolute atomic E-state index is 0.587.